The quantitative estimate of drug-likeness (QED) is 0.900. The number of fused-ring (bicyclic) bond motifs is 1. The number of nitrogens with one attached hydrogen (secondary N) is 1. The molecule has 2 unspecified atom stereocenters. The van der Waals surface area contributed by atoms with E-state index in [2.05, 4.69) is 27.8 Å². The smallest absolute Gasteiger partial charge is 0.114 e. The van der Waals surface area contributed by atoms with E-state index in [1.54, 1.807) is 6.92 Å². The maximum Gasteiger partial charge on any atom is 0.114 e. The Labute approximate surface area is 118 Å². The lowest BCUT2D eigenvalue weighted by Crippen LogP contribution is -2.23. The standard InChI is InChI=1S/C15H20N4O/c1-3-15(2,20)14-10-19(18-17-14)13-8-9-16-12-7-5-4-6-11(12)13/h4-7,10,13,16,20H,3,8-9H2,1-2H3. The largest absolute Gasteiger partial charge is 0.385 e. The van der Waals surface area contributed by atoms with E-state index in [0.717, 1.165) is 18.7 Å². The molecule has 3 rings (SSSR count). The molecule has 0 saturated heterocycles. The van der Waals surface area contributed by atoms with Gasteiger partial charge in [0.15, 0.2) is 0 Å². The van der Waals surface area contributed by atoms with Crippen molar-refractivity contribution in [2.24, 2.45) is 0 Å². The highest BCUT2D eigenvalue weighted by Crippen LogP contribution is 2.32. The molecule has 0 amide bonds. The van der Waals surface area contributed by atoms with Crippen molar-refractivity contribution in [2.75, 3.05) is 11.9 Å². The Kier molecular flexibility index (Phi) is 3.22. The minimum absolute atomic E-state index is 0.182. The van der Waals surface area contributed by atoms with Crippen LogP contribution in [0.4, 0.5) is 5.69 Å². The Balaban J connectivity index is 1.95. The molecule has 2 atom stereocenters. The zero-order valence-electron chi connectivity index (χ0n) is 11.9. The maximum atomic E-state index is 10.3. The van der Waals surface area contributed by atoms with E-state index in [1.165, 1.54) is 5.56 Å². The van der Waals surface area contributed by atoms with Crippen LogP contribution < -0.4 is 5.32 Å². The van der Waals surface area contributed by atoms with Gasteiger partial charge in [0.25, 0.3) is 0 Å². The summed E-state index contributed by atoms with van der Waals surface area (Å²) < 4.78 is 1.87. The zero-order chi connectivity index (χ0) is 14.2. The fourth-order valence-corrected chi connectivity index (χ4v) is 2.58. The molecule has 0 spiro atoms. The van der Waals surface area contributed by atoms with Crippen LogP contribution in [0.15, 0.2) is 30.5 Å². The molecule has 1 aromatic carbocycles. The molecule has 2 aromatic rings. The van der Waals surface area contributed by atoms with Gasteiger partial charge < -0.3 is 10.4 Å². The van der Waals surface area contributed by atoms with Crippen molar-refractivity contribution in [1.29, 1.82) is 0 Å². The second-order valence-corrected chi connectivity index (χ2v) is 5.53. The van der Waals surface area contributed by atoms with Gasteiger partial charge in [-0.25, -0.2) is 4.68 Å². The summed E-state index contributed by atoms with van der Waals surface area (Å²) in [5.74, 6) is 0. The lowest BCUT2D eigenvalue weighted by molar-refractivity contribution is 0.0484. The fraction of sp³-hybridized carbons (Fsp3) is 0.467. The first kappa shape index (κ1) is 13.1. The van der Waals surface area contributed by atoms with E-state index < -0.39 is 5.60 Å². The third-order valence-corrected chi connectivity index (χ3v) is 4.12. The van der Waals surface area contributed by atoms with Crippen LogP contribution in [0.5, 0.6) is 0 Å². The second kappa shape index (κ2) is 4.90. The van der Waals surface area contributed by atoms with Gasteiger partial charge in [-0.05, 0) is 31.4 Å². The summed E-state index contributed by atoms with van der Waals surface area (Å²) in [5.41, 5.74) is 2.11. The van der Waals surface area contributed by atoms with E-state index in [9.17, 15) is 5.11 Å². The van der Waals surface area contributed by atoms with Crippen molar-refractivity contribution in [1.82, 2.24) is 15.0 Å². The van der Waals surface area contributed by atoms with Crippen molar-refractivity contribution in [2.45, 2.75) is 38.3 Å². The van der Waals surface area contributed by atoms with Gasteiger partial charge in [0, 0.05) is 12.2 Å². The van der Waals surface area contributed by atoms with Crippen LogP contribution in [0.25, 0.3) is 0 Å². The van der Waals surface area contributed by atoms with Crippen LogP contribution in [-0.4, -0.2) is 26.6 Å². The molecule has 1 aromatic heterocycles. The van der Waals surface area contributed by atoms with Crippen LogP contribution in [-0.2, 0) is 5.60 Å². The Hall–Kier alpha value is -1.88. The number of nitrogens with zero attached hydrogens (tertiary/aromatic N) is 3. The average Bonchev–Trinajstić information content (AvgIpc) is 2.97. The van der Waals surface area contributed by atoms with Gasteiger partial charge >= 0.3 is 0 Å². The molecular weight excluding hydrogens is 252 g/mol. The number of para-hydroxylation sites is 1. The Bertz CT molecular complexity index is 605. The topological polar surface area (TPSA) is 63.0 Å². The van der Waals surface area contributed by atoms with Crippen LogP contribution in [0.3, 0.4) is 0 Å². The summed E-state index contributed by atoms with van der Waals surface area (Å²) in [6.07, 6.45) is 3.46. The van der Waals surface area contributed by atoms with E-state index in [4.69, 9.17) is 0 Å². The normalized spacial score (nSPS) is 20.9. The molecule has 0 aliphatic carbocycles. The van der Waals surface area contributed by atoms with Crippen molar-refractivity contribution in [3.05, 3.63) is 41.7 Å². The van der Waals surface area contributed by atoms with Crippen LogP contribution in [0.1, 0.15) is 44.0 Å². The van der Waals surface area contributed by atoms with Gasteiger partial charge in [-0.2, -0.15) is 0 Å². The highest BCUT2D eigenvalue weighted by Gasteiger charge is 2.27. The number of aliphatic hydroxyl groups is 1. The molecule has 5 nitrogen and oxygen atoms in total. The lowest BCUT2D eigenvalue weighted by atomic mass is 9.97. The molecule has 1 aliphatic heterocycles. The van der Waals surface area contributed by atoms with Crippen molar-refractivity contribution in [3.63, 3.8) is 0 Å². The van der Waals surface area contributed by atoms with Crippen molar-refractivity contribution in [3.8, 4) is 0 Å². The zero-order valence-corrected chi connectivity index (χ0v) is 11.9. The van der Waals surface area contributed by atoms with Crippen molar-refractivity contribution >= 4 is 5.69 Å². The van der Waals surface area contributed by atoms with Gasteiger partial charge in [-0.3, -0.25) is 0 Å². The predicted molar refractivity (Wildman–Crippen MR) is 77.6 cm³/mol. The molecule has 2 N–H and O–H groups in total. The minimum Gasteiger partial charge on any atom is -0.385 e. The third kappa shape index (κ3) is 2.18. The van der Waals surface area contributed by atoms with Gasteiger partial charge in [-0.1, -0.05) is 30.3 Å². The molecule has 0 fully saturated rings. The maximum absolute atomic E-state index is 10.3. The number of hydrogen-bond donors (Lipinski definition) is 2. The molecule has 0 bridgehead atoms. The molecule has 0 radical (unpaired) electrons. The Morgan fingerprint density at radius 3 is 3.05 bits per heavy atom. The van der Waals surface area contributed by atoms with Gasteiger partial charge in [0.1, 0.15) is 11.3 Å². The monoisotopic (exact) mass is 272 g/mol. The molecule has 1 aliphatic rings. The molecule has 106 valence electrons. The fourth-order valence-electron chi connectivity index (χ4n) is 2.58. The van der Waals surface area contributed by atoms with E-state index >= 15 is 0 Å². The summed E-state index contributed by atoms with van der Waals surface area (Å²) >= 11 is 0. The summed E-state index contributed by atoms with van der Waals surface area (Å²) in [4.78, 5) is 0. The van der Waals surface area contributed by atoms with E-state index in [0.29, 0.717) is 12.1 Å². The molecule has 0 saturated carbocycles. The summed E-state index contributed by atoms with van der Waals surface area (Å²) in [7, 11) is 0. The predicted octanol–water partition coefficient (Wildman–Crippen LogP) is 2.30. The average molecular weight is 272 g/mol. The lowest BCUT2D eigenvalue weighted by Gasteiger charge is -2.26. The highest BCUT2D eigenvalue weighted by molar-refractivity contribution is 5.54. The summed E-state index contributed by atoms with van der Waals surface area (Å²) in [6.45, 7) is 4.64. The molecule has 20 heavy (non-hydrogen) atoms. The highest BCUT2D eigenvalue weighted by atomic mass is 16.3. The first-order chi connectivity index (χ1) is 9.62. The number of hydrogen-bond acceptors (Lipinski definition) is 4. The Morgan fingerprint density at radius 1 is 1.45 bits per heavy atom. The van der Waals surface area contributed by atoms with Crippen molar-refractivity contribution < 1.29 is 5.11 Å². The van der Waals surface area contributed by atoms with E-state index in [-0.39, 0.29) is 6.04 Å². The minimum atomic E-state index is -0.912. The molecule has 2 heterocycles. The number of aromatic nitrogens is 3. The SMILES string of the molecule is CCC(C)(O)c1cn(C2CCNc3ccccc32)nn1. The number of benzene rings is 1. The summed E-state index contributed by atoms with van der Waals surface area (Å²) in [5, 5.41) is 22.1. The Morgan fingerprint density at radius 2 is 2.25 bits per heavy atom. The molecule has 5 heteroatoms. The third-order valence-electron chi connectivity index (χ3n) is 4.12. The van der Waals surface area contributed by atoms with Crippen LogP contribution in [0, 0.1) is 0 Å². The van der Waals surface area contributed by atoms with Gasteiger partial charge in [0.2, 0.25) is 0 Å². The van der Waals surface area contributed by atoms with Gasteiger partial charge in [0.05, 0.1) is 12.2 Å². The van der Waals surface area contributed by atoms with Crippen LogP contribution in [0.2, 0.25) is 0 Å². The second-order valence-electron chi connectivity index (χ2n) is 5.53. The van der Waals surface area contributed by atoms with Gasteiger partial charge in [-0.15, -0.1) is 5.10 Å². The first-order valence-electron chi connectivity index (χ1n) is 7.09. The van der Waals surface area contributed by atoms with E-state index in [1.807, 2.05) is 29.9 Å². The number of anilines is 1. The van der Waals surface area contributed by atoms with Crippen LogP contribution >= 0.6 is 0 Å². The first-order valence-corrected chi connectivity index (χ1v) is 7.09. The number of rotatable bonds is 3. The summed E-state index contributed by atoms with van der Waals surface area (Å²) in [6, 6.07) is 8.45. The molecular formula is C15H20N4O.